The van der Waals surface area contributed by atoms with Crippen LogP contribution < -0.4 is 5.56 Å². The van der Waals surface area contributed by atoms with E-state index in [2.05, 4.69) is 23.2 Å². The molecule has 1 unspecified atom stereocenters. The number of hydrogen-bond donors (Lipinski definition) is 2. The number of carbonyl (C=O) groups is 1. The minimum absolute atomic E-state index is 0.0890. The number of aliphatic hydroxyl groups excluding tert-OH is 1. The number of amides is 1. The predicted molar refractivity (Wildman–Crippen MR) is 152 cm³/mol. The van der Waals surface area contributed by atoms with Gasteiger partial charge in [0, 0.05) is 11.6 Å². The van der Waals surface area contributed by atoms with Gasteiger partial charge in [0.2, 0.25) is 0 Å². The van der Waals surface area contributed by atoms with Crippen LogP contribution in [0.3, 0.4) is 0 Å². The van der Waals surface area contributed by atoms with E-state index >= 15 is 0 Å². The monoisotopic (exact) mass is 550 g/mol. The van der Waals surface area contributed by atoms with Gasteiger partial charge >= 0.3 is 0 Å². The van der Waals surface area contributed by atoms with Crippen molar-refractivity contribution in [2.75, 3.05) is 6.54 Å². The zero-order chi connectivity index (χ0) is 27.9. The molecule has 1 saturated carbocycles. The van der Waals surface area contributed by atoms with Crippen molar-refractivity contribution < 1.29 is 9.90 Å². The molecule has 0 radical (unpaired) electrons. The first-order valence-electron chi connectivity index (χ1n) is 13.3. The highest BCUT2D eigenvalue weighted by Gasteiger charge is 2.48. The fraction of sp³-hybridized carbons (Fsp3) is 0.250. The number of rotatable bonds is 5. The molecule has 3 aromatic carbocycles. The van der Waals surface area contributed by atoms with Crippen molar-refractivity contribution >= 4 is 17.5 Å². The number of carbonyl (C=O) groups excluding carboxylic acids is 1. The maximum atomic E-state index is 13.5. The third-order valence-electron chi connectivity index (χ3n) is 7.93. The third-order valence-corrected chi connectivity index (χ3v) is 8.15. The van der Waals surface area contributed by atoms with Crippen molar-refractivity contribution in [2.24, 2.45) is 0 Å². The van der Waals surface area contributed by atoms with Crippen molar-refractivity contribution in [3.8, 4) is 17.2 Å². The normalized spacial score (nSPS) is 16.4. The predicted octanol–water partition coefficient (Wildman–Crippen LogP) is 5.05. The minimum atomic E-state index is -1.41. The molecule has 4 aromatic rings. The average molecular weight is 551 g/mol. The summed E-state index contributed by atoms with van der Waals surface area (Å²) in [5, 5.41) is 20.8. The molecule has 1 aliphatic carbocycles. The number of aliphatic hydroxyl groups is 1. The molecule has 0 bridgehead atoms. The first kappa shape index (κ1) is 26.0. The molecule has 40 heavy (non-hydrogen) atoms. The minimum Gasteiger partial charge on any atom is -0.378 e. The van der Waals surface area contributed by atoms with Gasteiger partial charge in [0.25, 0.3) is 11.5 Å². The SMILES string of the molecule is N#Cc1cc(Cl)cc(-c2cccc(C(O)C(=O)N3CCCc4nc(C5(c6ccccc6)CC5)[nH]c(=O)c4C3)c2)c1. The van der Waals surface area contributed by atoms with E-state index in [1.807, 2.05) is 24.3 Å². The molecule has 2 aliphatic rings. The van der Waals surface area contributed by atoms with Gasteiger partial charge in [0.1, 0.15) is 5.82 Å². The number of aryl methyl sites for hydroxylation is 1. The second-order valence-corrected chi connectivity index (χ2v) is 11.0. The van der Waals surface area contributed by atoms with E-state index in [-0.39, 0.29) is 17.5 Å². The maximum absolute atomic E-state index is 13.5. The molecule has 7 nitrogen and oxygen atoms in total. The zero-order valence-corrected chi connectivity index (χ0v) is 22.5. The Morgan fingerprint density at radius 2 is 1.88 bits per heavy atom. The zero-order valence-electron chi connectivity index (χ0n) is 21.7. The Hall–Kier alpha value is -4.25. The van der Waals surface area contributed by atoms with Crippen LogP contribution in [0.2, 0.25) is 5.02 Å². The molecule has 2 N–H and O–H groups in total. The van der Waals surface area contributed by atoms with Gasteiger partial charge in [-0.3, -0.25) is 9.59 Å². The van der Waals surface area contributed by atoms with Crippen LogP contribution in [-0.4, -0.2) is 32.4 Å². The van der Waals surface area contributed by atoms with Crippen LogP contribution in [0.5, 0.6) is 0 Å². The van der Waals surface area contributed by atoms with Gasteiger partial charge in [-0.2, -0.15) is 5.26 Å². The van der Waals surface area contributed by atoms with Gasteiger partial charge in [-0.25, -0.2) is 4.98 Å². The number of benzene rings is 3. The molecular formula is C32H27ClN4O3. The number of H-pyrrole nitrogens is 1. The van der Waals surface area contributed by atoms with E-state index < -0.39 is 12.0 Å². The molecule has 200 valence electrons. The summed E-state index contributed by atoms with van der Waals surface area (Å²) in [4.78, 5) is 36.3. The number of hydrogen-bond acceptors (Lipinski definition) is 5. The van der Waals surface area contributed by atoms with Crippen LogP contribution in [0.4, 0.5) is 0 Å². The number of fused-ring (bicyclic) bond motifs is 1. The Labute approximate surface area is 236 Å². The number of nitrogens with one attached hydrogen (secondary N) is 1. The highest BCUT2D eigenvalue weighted by Crippen LogP contribution is 2.52. The summed E-state index contributed by atoms with van der Waals surface area (Å²) in [6, 6.07) is 24.2. The molecule has 1 amide bonds. The summed E-state index contributed by atoms with van der Waals surface area (Å²) < 4.78 is 0. The largest absolute Gasteiger partial charge is 0.378 e. The molecule has 0 saturated heterocycles. The van der Waals surface area contributed by atoms with Crippen molar-refractivity contribution in [2.45, 2.75) is 43.7 Å². The summed E-state index contributed by atoms with van der Waals surface area (Å²) in [6.45, 7) is 0.496. The van der Waals surface area contributed by atoms with Crippen molar-refractivity contribution in [1.29, 1.82) is 5.26 Å². The van der Waals surface area contributed by atoms with E-state index in [9.17, 15) is 20.0 Å². The van der Waals surface area contributed by atoms with Crippen molar-refractivity contribution in [1.82, 2.24) is 14.9 Å². The Morgan fingerprint density at radius 1 is 1.07 bits per heavy atom. The van der Waals surface area contributed by atoms with Crippen LogP contribution in [-0.2, 0) is 23.2 Å². The lowest BCUT2D eigenvalue weighted by Gasteiger charge is -2.24. The van der Waals surface area contributed by atoms with E-state index in [0.29, 0.717) is 52.5 Å². The highest BCUT2D eigenvalue weighted by molar-refractivity contribution is 6.31. The van der Waals surface area contributed by atoms with E-state index in [1.54, 1.807) is 36.4 Å². The van der Waals surface area contributed by atoms with Crippen LogP contribution in [0.15, 0.2) is 77.6 Å². The summed E-state index contributed by atoms with van der Waals surface area (Å²) in [5.41, 5.74) is 4.15. The molecule has 2 heterocycles. The Morgan fingerprint density at radius 3 is 2.62 bits per heavy atom. The smallest absolute Gasteiger partial charge is 0.256 e. The van der Waals surface area contributed by atoms with Crippen molar-refractivity contribution in [3.05, 3.63) is 122 Å². The Bertz CT molecular complexity index is 1710. The number of nitrogens with zero attached hydrogens (tertiary/aromatic N) is 3. The molecule has 1 aromatic heterocycles. The molecular weight excluding hydrogens is 524 g/mol. The van der Waals surface area contributed by atoms with Gasteiger partial charge in [0.05, 0.1) is 34.8 Å². The van der Waals surface area contributed by atoms with Gasteiger partial charge < -0.3 is 15.0 Å². The quantitative estimate of drug-likeness (QED) is 0.361. The molecule has 6 rings (SSSR count). The fourth-order valence-corrected chi connectivity index (χ4v) is 5.84. The van der Waals surface area contributed by atoms with Crippen LogP contribution in [0.25, 0.3) is 11.1 Å². The lowest BCUT2D eigenvalue weighted by Crippen LogP contribution is -2.36. The van der Waals surface area contributed by atoms with E-state index in [1.165, 1.54) is 4.90 Å². The van der Waals surface area contributed by atoms with Crippen LogP contribution >= 0.6 is 11.6 Å². The molecule has 8 heteroatoms. The second-order valence-electron chi connectivity index (χ2n) is 10.5. The van der Waals surface area contributed by atoms with Gasteiger partial charge in [0.15, 0.2) is 6.10 Å². The number of halogens is 1. The summed E-state index contributed by atoms with van der Waals surface area (Å²) in [5.74, 6) is 0.222. The van der Waals surface area contributed by atoms with Crippen LogP contribution in [0.1, 0.15) is 59.1 Å². The van der Waals surface area contributed by atoms with E-state index in [0.717, 1.165) is 29.7 Å². The second kappa shape index (κ2) is 10.4. The highest BCUT2D eigenvalue weighted by atomic mass is 35.5. The van der Waals surface area contributed by atoms with E-state index in [4.69, 9.17) is 16.6 Å². The standard InChI is InChI=1S/C32H27ClN4O3/c33-25-15-20(18-34)14-23(17-25)21-6-4-7-22(16-21)28(38)30(40)37-13-5-10-27-26(19-37)29(39)36-31(35-27)32(11-12-32)24-8-2-1-3-9-24/h1-4,6-9,14-17,28,38H,5,10-13,19H2,(H,35,36,39). The van der Waals surface area contributed by atoms with Crippen LogP contribution in [0, 0.1) is 11.3 Å². The van der Waals surface area contributed by atoms with Crippen molar-refractivity contribution in [3.63, 3.8) is 0 Å². The van der Waals surface area contributed by atoms with Gasteiger partial charge in [-0.05, 0) is 72.2 Å². The number of nitriles is 1. The fourth-order valence-electron chi connectivity index (χ4n) is 5.61. The lowest BCUT2D eigenvalue weighted by atomic mass is 9.94. The number of aromatic nitrogens is 2. The van der Waals surface area contributed by atoms with Gasteiger partial charge in [-0.1, -0.05) is 60.1 Å². The maximum Gasteiger partial charge on any atom is 0.256 e. The Balaban J connectivity index is 1.25. The van der Waals surface area contributed by atoms with Gasteiger partial charge in [-0.15, -0.1) is 0 Å². The third kappa shape index (κ3) is 4.81. The lowest BCUT2D eigenvalue weighted by molar-refractivity contribution is -0.141. The summed E-state index contributed by atoms with van der Waals surface area (Å²) in [6.07, 6.45) is 1.68. The molecule has 1 aliphatic heterocycles. The molecule has 1 atom stereocenters. The first-order valence-corrected chi connectivity index (χ1v) is 13.7. The molecule has 0 spiro atoms. The topological polar surface area (TPSA) is 110 Å². The summed E-state index contributed by atoms with van der Waals surface area (Å²) in [7, 11) is 0. The average Bonchev–Trinajstić information content (AvgIpc) is 3.81. The Kier molecular flexibility index (Phi) is 6.75. The summed E-state index contributed by atoms with van der Waals surface area (Å²) >= 11 is 6.18. The first-order chi connectivity index (χ1) is 19.4. The number of aromatic amines is 1. The molecule has 1 fully saturated rings.